The highest BCUT2D eigenvalue weighted by molar-refractivity contribution is 5.96. The SMILES string of the molecule is CC(=O)c1ccc(/C(=C/C=C(/c2ccc(C(C)=O)cc2)c2ccc(N(C)C)cc2)c2ccc(N(C)C)cc2)cc1. The molecule has 0 radical (unpaired) electrons. The van der Waals surface area contributed by atoms with Crippen molar-refractivity contribution in [1.29, 1.82) is 0 Å². The molecule has 0 fully saturated rings. The maximum atomic E-state index is 11.9. The van der Waals surface area contributed by atoms with Gasteiger partial charge in [-0.15, -0.1) is 0 Å². The van der Waals surface area contributed by atoms with Gasteiger partial charge in [-0.1, -0.05) is 84.9 Å². The van der Waals surface area contributed by atoms with Gasteiger partial charge >= 0.3 is 0 Å². The van der Waals surface area contributed by atoms with E-state index >= 15 is 0 Å². The number of carbonyl (C=O) groups is 2. The van der Waals surface area contributed by atoms with Crippen molar-refractivity contribution >= 4 is 34.1 Å². The number of benzene rings is 4. The van der Waals surface area contributed by atoms with Gasteiger partial charge in [-0.2, -0.15) is 0 Å². The monoisotopic (exact) mass is 528 g/mol. The molecule has 0 amide bonds. The van der Waals surface area contributed by atoms with Crippen molar-refractivity contribution in [3.05, 3.63) is 143 Å². The second kappa shape index (κ2) is 12.4. The number of ketones is 2. The lowest BCUT2D eigenvalue weighted by atomic mass is 9.92. The molecule has 0 saturated carbocycles. The second-order valence-corrected chi connectivity index (χ2v) is 10.3. The Kier molecular flexibility index (Phi) is 8.80. The van der Waals surface area contributed by atoms with Gasteiger partial charge in [0.1, 0.15) is 0 Å². The van der Waals surface area contributed by atoms with E-state index in [9.17, 15) is 9.59 Å². The van der Waals surface area contributed by atoms with Gasteiger partial charge < -0.3 is 9.80 Å². The molecule has 4 rings (SSSR count). The summed E-state index contributed by atoms with van der Waals surface area (Å²) in [6.07, 6.45) is 4.28. The van der Waals surface area contributed by atoms with Crippen LogP contribution < -0.4 is 9.80 Å². The first-order valence-electron chi connectivity index (χ1n) is 13.3. The second-order valence-electron chi connectivity index (χ2n) is 10.3. The van der Waals surface area contributed by atoms with Crippen molar-refractivity contribution in [2.45, 2.75) is 13.8 Å². The lowest BCUT2D eigenvalue weighted by molar-refractivity contribution is 0.100. The van der Waals surface area contributed by atoms with E-state index in [-0.39, 0.29) is 11.6 Å². The van der Waals surface area contributed by atoms with E-state index in [1.807, 2.05) is 76.7 Å². The van der Waals surface area contributed by atoms with E-state index in [0.29, 0.717) is 11.1 Å². The van der Waals surface area contributed by atoms with E-state index in [1.54, 1.807) is 13.8 Å². The lowest BCUT2D eigenvalue weighted by Crippen LogP contribution is -2.08. The average Bonchev–Trinajstić information content (AvgIpc) is 2.96. The number of hydrogen-bond donors (Lipinski definition) is 0. The van der Waals surface area contributed by atoms with Crippen LogP contribution in [0, 0.1) is 0 Å². The maximum absolute atomic E-state index is 11.9. The summed E-state index contributed by atoms with van der Waals surface area (Å²) in [5.41, 5.74) is 9.91. The van der Waals surface area contributed by atoms with Crippen LogP contribution in [0.1, 0.15) is 56.8 Å². The van der Waals surface area contributed by atoms with E-state index in [0.717, 1.165) is 44.8 Å². The van der Waals surface area contributed by atoms with Crippen LogP contribution in [0.3, 0.4) is 0 Å². The topological polar surface area (TPSA) is 40.6 Å². The minimum atomic E-state index is 0.0461. The molecule has 4 aromatic rings. The number of nitrogens with zero attached hydrogens (tertiary/aromatic N) is 2. The van der Waals surface area contributed by atoms with Gasteiger partial charge in [0, 0.05) is 50.7 Å². The van der Waals surface area contributed by atoms with Crippen molar-refractivity contribution in [3.8, 4) is 0 Å². The molecule has 0 heterocycles. The van der Waals surface area contributed by atoms with Crippen molar-refractivity contribution in [3.63, 3.8) is 0 Å². The van der Waals surface area contributed by atoms with Gasteiger partial charge in [-0.25, -0.2) is 0 Å². The smallest absolute Gasteiger partial charge is 0.159 e. The summed E-state index contributed by atoms with van der Waals surface area (Å²) in [6.45, 7) is 3.17. The fraction of sp³-hybridized carbons (Fsp3) is 0.167. The Morgan fingerprint density at radius 1 is 0.425 bits per heavy atom. The molecule has 0 atom stereocenters. The predicted octanol–water partition coefficient (Wildman–Crippen LogP) is 7.79. The summed E-state index contributed by atoms with van der Waals surface area (Å²) in [4.78, 5) is 28.0. The number of hydrogen-bond acceptors (Lipinski definition) is 4. The van der Waals surface area contributed by atoms with Gasteiger partial charge in [-0.05, 0) is 71.5 Å². The maximum Gasteiger partial charge on any atom is 0.159 e. The molecular weight excluding hydrogens is 492 g/mol. The molecule has 0 spiro atoms. The first kappa shape index (κ1) is 28.3. The lowest BCUT2D eigenvalue weighted by Gasteiger charge is -2.15. The van der Waals surface area contributed by atoms with Gasteiger partial charge in [0.15, 0.2) is 11.6 Å². The summed E-state index contributed by atoms with van der Waals surface area (Å²) in [5.74, 6) is 0.0922. The van der Waals surface area contributed by atoms with E-state index in [2.05, 4.69) is 70.5 Å². The molecule has 0 aromatic heterocycles. The number of Topliss-reactive ketones (excluding diaryl/α,β-unsaturated/α-hetero) is 2. The van der Waals surface area contributed by atoms with Crippen molar-refractivity contribution in [2.24, 2.45) is 0 Å². The van der Waals surface area contributed by atoms with Crippen LogP contribution in [0.4, 0.5) is 11.4 Å². The Hall–Kier alpha value is -4.70. The molecule has 0 N–H and O–H groups in total. The Morgan fingerprint density at radius 2 is 0.650 bits per heavy atom. The summed E-state index contributed by atoms with van der Waals surface area (Å²) < 4.78 is 0. The molecule has 0 unspecified atom stereocenters. The molecule has 0 aliphatic rings. The minimum absolute atomic E-state index is 0.0461. The third kappa shape index (κ3) is 6.65. The number of anilines is 2. The average molecular weight is 529 g/mol. The molecular formula is C36H36N2O2. The normalized spacial score (nSPS) is 11.8. The van der Waals surface area contributed by atoms with Crippen LogP contribution >= 0.6 is 0 Å². The fourth-order valence-corrected chi connectivity index (χ4v) is 4.53. The summed E-state index contributed by atoms with van der Waals surface area (Å²) in [5, 5.41) is 0. The molecule has 202 valence electrons. The first-order valence-corrected chi connectivity index (χ1v) is 13.3. The fourth-order valence-electron chi connectivity index (χ4n) is 4.53. The number of carbonyl (C=O) groups excluding carboxylic acids is 2. The predicted molar refractivity (Wildman–Crippen MR) is 169 cm³/mol. The number of rotatable bonds is 9. The molecule has 0 aliphatic heterocycles. The van der Waals surface area contributed by atoms with Gasteiger partial charge in [-0.3, -0.25) is 9.59 Å². The Labute approximate surface area is 237 Å². The van der Waals surface area contributed by atoms with Crippen LogP contribution in [0.2, 0.25) is 0 Å². The zero-order chi connectivity index (χ0) is 28.8. The van der Waals surface area contributed by atoms with Gasteiger partial charge in [0.25, 0.3) is 0 Å². The highest BCUT2D eigenvalue weighted by Gasteiger charge is 2.10. The quantitative estimate of drug-likeness (QED) is 0.164. The van der Waals surface area contributed by atoms with E-state index < -0.39 is 0 Å². The molecule has 0 bridgehead atoms. The molecule has 4 heteroatoms. The highest BCUT2D eigenvalue weighted by Crippen LogP contribution is 2.30. The Morgan fingerprint density at radius 3 is 0.875 bits per heavy atom. The van der Waals surface area contributed by atoms with Crippen LogP contribution in [0.15, 0.2) is 109 Å². The third-order valence-electron chi connectivity index (χ3n) is 7.01. The van der Waals surface area contributed by atoms with Crippen molar-refractivity contribution in [2.75, 3.05) is 38.0 Å². The standard InChI is InChI=1S/C36H36N2O2/c1-25(39)27-7-11-29(12-8-27)35(31-15-19-33(20-16-31)37(3)4)23-24-36(30-13-9-28(10-14-30)26(2)40)32-17-21-34(22-18-32)38(5)6/h7-24H,1-6H3/b35-23-,36-24-. The molecule has 0 saturated heterocycles. The molecule has 4 aromatic carbocycles. The van der Waals surface area contributed by atoms with Crippen molar-refractivity contribution < 1.29 is 9.59 Å². The van der Waals surface area contributed by atoms with Gasteiger partial charge in [0.05, 0.1) is 0 Å². The first-order chi connectivity index (χ1) is 19.1. The largest absolute Gasteiger partial charge is 0.378 e. The van der Waals surface area contributed by atoms with Crippen LogP contribution in [-0.2, 0) is 0 Å². The highest BCUT2D eigenvalue weighted by atomic mass is 16.1. The van der Waals surface area contributed by atoms with E-state index in [4.69, 9.17) is 0 Å². The number of allylic oxidation sites excluding steroid dienone is 2. The Balaban J connectivity index is 1.88. The van der Waals surface area contributed by atoms with E-state index in [1.165, 1.54) is 0 Å². The van der Waals surface area contributed by atoms with Crippen LogP contribution in [-0.4, -0.2) is 39.8 Å². The van der Waals surface area contributed by atoms with Crippen LogP contribution in [0.5, 0.6) is 0 Å². The summed E-state index contributed by atoms with van der Waals surface area (Å²) in [7, 11) is 8.11. The van der Waals surface area contributed by atoms with Gasteiger partial charge in [0.2, 0.25) is 0 Å². The zero-order valence-electron chi connectivity index (χ0n) is 24.1. The summed E-state index contributed by atoms with van der Waals surface area (Å²) in [6, 6.07) is 32.5. The Bertz CT molecular complexity index is 1420. The molecule has 40 heavy (non-hydrogen) atoms. The zero-order valence-corrected chi connectivity index (χ0v) is 24.1. The molecule has 0 aliphatic carbocycles. The molecule has 4 nitrogen and oxygen atoms in total. The summed E-state index contributed by atoms with van der Waals surface area (Å²) >= 11 is 0. The minimum Gasteiger partial charge on any atom is -0.378 e. The van der Waals surface area contributed by atoms with Crippen LogP contribution in [0.25, 0.3) is 11.1 Å². The third-order valence-corrected chi connectivity index (χ3v) is 7.01. The van der Waals surface area contributed by atoms with Crippen molar-refractivity contribution in [1.82, 2.24) is 0 Å².